The number of fused-ring (bicyclic) bond motifs is 1. The third-order valence-corrected chi connectivity index (χ3v) is 4.56. The second-order valence-corrected chi connectivity index (χ2v) is 6.65. The summed E-state index contributed by atoms with van der Waals surface area (Å²) in [5.74, 6) is 0.700. The number of benzene rings is 2. The normalized spacial score (nSPS) is 10.8. The Balaban J connectivity index is 1.56. The van der Waals surface area contributed by atoms with Crippen molar-refractivity contribution in [3.63, 3.8) is 0 Å². The number of carbonyl (C=O) groups excluding carboxylic acids is 1. The Morgan fingerprint density at radius 3 is 2.69 bits per heavy atom. The van der Waals surface area contributed by atoms with Gasteiger partial charge in [-0.25, -0.2) is 4.68 Å². The maximum atomic E-state index is 12.7. The minimum Gasteiger partial charge on any atom is -0.497 e. The predicted molar refractivity (Wildman–Crippen MR) is 109 cm³/mol. The lowest BCUT2D eigenvalue weighted by atomic mass is 10.1. The van der Waals surface area contributed by atoms with Gasteiger partial charge in [-0.05, 0) is 36.8 Å². The van der Waals surface area contributed by atoms with Crippen LogP contribution in [0.25, 0.3) is 11.0 Å². The average Bonchev–Trinajstić information content (AvgIpc) is 3.15. The molecule has 0 aliphatic carbocycles. The number of methoxy groups -OCH3 is 1. The summed E-state index contributed by atoms with van der Waals surface area (Å²) in [6.45, 7) is 2.36. The number of hydrogen-bond donors (Lipinski definition) is 1. The molecule has 0 spiro atoms. The molecule has 0 aliphatic rings. The van der Waals surface area contributed by atoms with Crippen molar-refractivity contribution < 1.29 is 13.9 Å². The first kappa shape index (κ1) is 18.5. The molecule has 146 valence electrons. The molecule has 0 saturated carbocycles. The second kappa shape index (κ2) is 7.63. The summed E-state index contributed by atoms with van der Waals surface area (Å²) >= 11 is 0. The Morgan fingerprint density at radius 2 is 1.93 bits per heavy atom. The SMILES string of the molecule is COc1ccc(Cn2nccc2NC(=O)c2cc(=O)c3cc(C)ccc3o2)cc1. The van der Waals surface area contributed by atoms with Crippen LogP contribution in [-0.2, 0) is 6.54 Å². The zero-order valence-electron chi connectivity index (χ0n) is 16.0. The Labute approximate surface area is 166 Å². The van der Waals surface area contributed by atoms with Gasteiger partial charge in [-0.1, -0.05) is 23.8 Å². The van der Waals surface area contributed by atoms with Crippen LogP contribution >= 0.6 is 0 Å². The van der Waals surface area contributed by atoms with E-state index in [4.69, 9.17) is 9.15 Å². The summed E-state index contributed by atoms with van der Waals surface area (Å²) in [5.41, 5.74) is 2.06. The fourth-order valence-corrected chi connectivity index (χ4v) is 3.03. The number of carbonyl (C=O) groups is 1. The van der Waals surface area contributed by atoms with E-state index in [-0.39, 0.29) is 11.2 Å². The van der Waals surface area contributed by atoms with Crippen LogP contribution in [0.4, 0.5) is 5.82 Å². The van der Waals surface area contributed by atoms with Crippen molar-refractivity contribution in [2.75, 3.05) is 12.4 Å². The highest BCUT2D eigenvalue weighted by Gasteiger charge is 2.15. The molecule has 0 aliphatic heterocycles. The lowest BCUT2D eigenvalue weighted by molar-refractivity contribution is 0.0996. The first-order valence-electron chi connectivity index (χ1n) is 9.04. The van der Waals surface area contributed by atoms with Gasteiger partial charge < -0.3 is 14.5 Å². The monoisotopic (exact) mass is 389 g/mol. The van der Waals surface area contributed by atoms with E-state index in [1.165, 1.54) is 6.07 Å². The van der Waals surface area contributed by atoms with Crippen molar-refractivity contribution in [1.82, 2.24) is 9.78 Å². The molecule has 0 radical (unpaired) electrons. The molecule has 2 aromatic heterocycles. The molecule has 2 heterocycles. The highest BCUT2D eigenvalue weighted by atomic mass is 16.5. The molecule has 29 heavy (non-hydrogen) atoms. The quantitative estimate of drug-likeness (QED) is 0.564. The van der Waals surface area contributed by atoms with Gasteiger partial charge in [0.1, 0.15) is 17.2 Å². The fourth-order valence-electron chi connectivity index (χ4n) is 3.03. The average molecular weight is 389 g/mol. The molecule has 0 atom stereocenters. The third-order valence-electron chi connectivity index (χ3n) is 4.56. The predicted octanol–water partition coefficient (Wildman–Crippen LogP) is 3.61. The van der Waals surface area contributed by atoms with Crippen molar-refractivity contribution >= 4 is 22.7 Å². The number of hydrogen-bond acceptors (Lipinski definition) is 5. The first-order valence-corrected chi connectivity index (χ1v) is 9.04. The molecular weight excluding hydrogens is 370 g/mol. The van der Waals surface area contributed by atoms with Crippen LogP contribution < -0.4 is 15.5 Å². The zero-order chi connectivity index (χ0) is 20.4. The van der Waals surface area contributed by atoms with E-state index in [9.17, 15) is 9.59 Å². The number of aryl methyl sites for hydroxylation is 1. The summed E-state index contributed by atoms with van der Waals surface area (Å²) in [5, 5.41) is 7.46. The number of amides is 1. The Morgan fingerprint density at radius 1 is 1.14 bits per heavy atom. The Kier molecular flexibility index (Phi) is 4.87. The smallest absolute Gasteiger partial charge is 0.292 e. The van der Waals surface area contributed by atoms with Crippen molar-refractivity contribution in [2.45, 2.75) is 13.5 Å². The van der Waals surface area contributed by atoms with Crippen LogP contribution in [0.15, 0.2) is 70.0 Å². The zero-order valence-corrected chi connectivity index (χ0v) is 16.0. The van der Waals surface area contributed by atoms with Crippen LogP contribution in [0.3, 0.4) is 0 Å². The van der Waals surface area contributed by atoms with Gasteiger partial charge in [0, 0.05) is 12.1 Å². The van der Waals surface area contributed by atoms with Gasteiger partial charge in [-0.3, -0.25) is 9.59 Å². The molecular formula is C22H19N3O4. The van der Waals surface area contributed by atoms with Gasteiger partial charge in [0.15, 0.2) is 11.2 Å². The van der Waals surface area contributed by atoms with E-state index in [2.05, 4.69) is 10.4 Å². The Hall–Kier alpha value is -3.87. The van der Waals surface area contributed by atoms with Crippen molar-refractivity contribution in [1.29, 1.82) is 0 Å². The van der Waals surface area contributed by atoms with Gasteiger partial charge in [0.05, 0.1) is 25.2 Å². The van der Waals surface area contributed by atoms with E-state index in [1.807, 2.05) is 37.3 Å². The maximum Gasteiger partial charge on any atom is 0.292 e. The van der Waals surface area contributed by atoms with Crippen LogP contribution in [0, 0.1) is 6.92 Å². The van der Waals surface area contributed by atoms with E-state index in [1.54, 1.807) is 36.2 Å². The summed E-state index contributed by atoms with van der Waals surface area (Å²) in [6.07, 6.45) is 1.60. The summed E-state index contributed by atoms with van der Waals surface area (Å²) < 4.78 is 12.5. The van der Waals surface area contributed by atoms with Crippen LogP contribution in [0.5, 0.6) is 5.75 Å². The highest BCUT2D eigenvalue weighted by molar-refractivity contribution is 6.02. The van der Waals surface area contributed by atoms with Crippen molar-refractivity contribution in [2.24, 2.45) is 0 Å². The Bertz CT molecular complexity index is 1240. The minimum atomic E-state index is -0.513. The van der Waals surface area contributed by atoms with Gasteiger partial charge >= 0.3 is 0 Å². The first-order chi connectivity index (χ1) is 14.0. The number of ether oxygens (including phenoxy) is 1. The topological polar surface area (TPSA) is 86.4 Å². The molecule has 7 nitrogen and oxygen atoms in total. The number of anilines is 1. The highest BCUT2D eigenvalue weighted by Crippen LogP contribution is 2.17. The minimum absolute atomic E-state index is 0.0523. The molecule has 1 amide bonds. The third kappa shape index (κ3) is 3.89. The van der Waals surface area contributed by atoms with E-state index < -0.39 is 5.91 Å². The van der Waals surface area contributed by atoms with Gasteiger partial charge in [0.2, 0.25) is 0 Å². The molecule has 2 aromatic carbocycles. The summed E-state index contributed by atoms with van der Waals surface area (Å²) in [6, 6.07) is 15.7. The van der Waals surface area contributed by atoms with Crippen molar-refractivity contribution in [3.05, 3.63) is 87.9 Å². The van der Waals surface area contributed by atoms with E-state index >= 15 is 0 Å². The molecule has 1 N–H and O–H groups in total. The van der Waals surface area contributed by atoms with Crippen LogP contribution in [0.2, 0.25) is 0 Å². The summed E-state index contributed by atoms with van der Waals surface area (Å²) in [7, 11) is 1.61. The maximum absolute atomic E-state index is 12.7. The number of nitrogens with one attached hydrogen (secondary N) is 1. The lowest BCUT2D eigenvalue weighted by Gasteiger charge is -2.10. The lowest BCUT2D eigenvalue weighted by Crippen LogP contribution is -2.18. The van der Waals surface area contributed by atoms with Gasteiger partial charge in [-0.2, -0.15) is 5.10 Å². The largest absolute Gasteiger partial charge is 0.497 e. The number of aromatic nitrogens is 2. The van der Waals surface area contributed by atoms with Crippen LogP contribution in [0.1, 0.15) is 21.7 Å². The molecule has 7 heteroatoms. The molecule has 0 bridgehead atoms. The second-order valence-electron chi connectivity index (χ2n) is 6.65. The molecule has 4 aromatic rings. The molecule has 0 unspecified atom stereocenters. The van der Waals surface area contributed by atoms with Gasteiger partial charge in [0.25, 0.3) is 5.91 Å². The van der Waals surface area contributed by atoms with E-state index in [0.29, 0.717) is 23.3 Å². The van der Waals surface area contributed by atoms with Gasteiger partial charge in [-0.15, -0.1) is 0 Å². The molecule has 0 saturated heterocycles. The molecule has 0 fully saturated rings. The number of nitrogens with zero attached hydrogens (tertiary/aromatic N) is 2. The van der Waals surface area contributed by atoms with E-state index in [0.717, 1.165) is 16.9 Å². The standard InChI is InChI=1S/C22H19N3O4/c1-14-3-8-19-17(11-14)18(26)12-20(29-19)22(27)24-21-9-10-23-25(21)13-15-4-6-16(28-2)7-5-15/h3-12H,13H2,1-2H3,(H,24,27). The van der Waals surface area contributed by atoms with Crippen molar-refractivity contribution in [3.8, 4) is 5.75 Å². The fraction of sp³-hybridized carbons (Fsp3) is 0.136. The molecule has 4 rings (SSSR count). The summed E-state index contributed by atoms with van der Waals surface area (Å²) in [4.78, 5) is 25.0. The van der Waals surface area contributed by atoms with Crippen LogP contribution in [-0.4, -0.2) is 22.8 Å². The number of rotatable bonds is 5.